The summed E-state index contributed by atoms with van der Waals surface area (Å²) in [4.78, 5) is 0. The summed E-state index contributed by atoms with van der Waals surface area (Å²) in [5.74, 6) is 0.630. The minimum atomic E-state index is -0.741. The molecule has 3 heteroatoms. The van der Waals surface area contributed by atoms with E-state index in [1.165, 1.54) is 0 Å². The highest BCUT2D eigenvalue weighted by atomic mass is 32.2. The first kappa shape index (κ1) is 9.87. The number of benzene rings is 1. The van der Waals surface area contributed by atoms with Crippen LogP contribution in [0.25, 0.3) is 0 Å². The van der Waals surface area contributed by atoms with Gasteiger partial charge in [0.15, 0.2) is 0 Å². The molecule has 0 spiro atoms. The van der Waals surface area contributed by atoms with Gasteiger partial charge in [-0.05, 0) is 12.5 Å². The fraction of sp³-hybridized carbons (Fsp3) is 0.455. The molecule has 0 N–H and O–H groups in total. The van der Waals surface area contributed by atoms with Gasteiger partial charge in [0.25, 0.3) is 0 Å². The van der Waals surface area contributed by atoms with Gasteiger partial charge in [-0.2, -0.15) is 0 Å². The molecule has 0 aliphatic carbocycles. The first-order valence-electron chi connectivity index (χ1n) is 4.81. The molecule has 1 fully saturated rings. The Hall–Kier alpha value is -0.670. The molecule has 14 heavy (non-hydrogen) atoms. The van der Waals surface area contributed by atoms with Gasteiger partial charge < -0.3 is 4.74 Å². The number of rotatable bonds is 1. The minimum Gasteiger partial charge on any atom is -0.371 e. The monoisotopic (exact) mass is 210 g/mol. The van der Waals surface area contributed by atoms with Crippen LogP contribution in [0.5, 0.6) is 0 Å². The van der Waals surface area contributed by atoms with Crippen molar-refractivity contribution in [2.75, 3.05) is 12.4 Å². The molecule has 0 radical (unpaired) electrons. The lowest BCUT2D eigenvalue weighted by atomic mass is 10.1. The molecular formula is C11H14O2S. The molecular weight excluding hydrogens is 196 g/mol. The van der Waals surface area contributed by atoms with Crippen molar-refractivity contribution in [3.05, 3.63) is 35.9 Å². The standard InChI is InChI=1S/C11H14O2S/c1-9-7-13-11(8-14(9)12)10-5-3-2-4-6-10/h2-6,9,11H,7-8H2,1H3/t9-,11+,14+/m1/s1. The zero-order chi connectivity index (χ0) is 9.97. The average Bonchev–Trinajstić information content (AvgIpc) is 2.23. The van der Waals surface area contributed by atoms with Crippen molar-refractivity contribution >= 4 is 10.8 Å². The van der Waals surface area contributed by atoms with Crippen LogP contribution >= 0.6 is 0 Å². The predicted molar refractivity (Wildman–Crippen MR) is 57.6 cm³/mol. The third-order valence-corrected chi connectivity index (χ3v) is 4.13. The lowest BCUT2D eigenvalue weighted by Crippen LogP contribution is -2.31. The summed E-state index contributed by atoms with van der Waals surface area (Å²) in [6, 6.07) is 10.0. The number of hydrogen-bond acceptors (Lipinski definition) is 2. The molecule has 1 aromatic rings. The summed E-state index contributed by atoms with van der Waals surface area (Å²) in [5, 5.41) is 0.176. The lowest BCUT2D eigenvalue weighted by molar-refractivity contribution is 0.0622. The van der Waals surface area contributed by atoms with E-state index in [1.807, 2.05) is 37.3 Å². The van der Waals surface area contributed by atoms with E-state index in [4.69, 9.17) is 4.74 Å². The quantitative estimate of drug-likeness (QED) is 0.707. The maximum atomic E-state index is 11.6. The van der Waals surface area contributed by atoms with Gasteiger partial charge in [-0.1, -0.05) is 30.3 Å². The molecule has 2 nitrogen and oxygen atoms in total. The number of hydrogen-bond donors (Lipinski definition) is 0. The van der Waals surface area contributed by atoms with Gasteiger partial charge in [-0.25, -0.2) is 0 Å². The zero-order valence-corrected chi connectivity index (χ0v) is 9.00. The van der Waals surface area contributed by atoms with Crippen molar-refractivity contribution in [2.24, 2.45) is 0 Å². The molecule has 1 saturated heterocycles. The van der Waals surface area contributed by atoms with Crippen LogP contribution in [0.4, 0.5) is 0 Å². The Morgan fingerprint density at radius 1 is 1.36 bits per heavy atom. The van der Waals surface area contributed by atoms with Crippen molar-refractivity contribution in [3.63, 3.8) is 0 Å². The van der Waals surface area contributed by atoms with Gasteiger partial charge in [-0.15, -0.1) is 0 Å². The second-order valence-electron chi connectivity index (χ2n) is 3.59. The Morgan fingerprint density at radius 2 is 2.07 bits per heavy atom. The van der Waals surface area contributed by atoms with E-state index in [9.17, 15) is 4.21 Å². The van der Waals surface area contributed by atoms with Crippen LogP contribution in [0.15, 0.2) is 30.3 Å². The summed E-state index contributed by atoms with van der Waals surface area (Å²) in [6.07, 6.45) is 0.0215. The summed E-state index contributed by atoms with van der Waals surface area (Å²) < 4.78 is 17.3. The topological polar surface area (TPSA) is 26.3 Å². The Labute approximate surface area is 86.7 Å². The van der Waals surface area contributed by atoms with E-state index in [0.717, 1.165) is 5.56 Å². The highest BCUT2D eigenvalue weighted by molar-refractivity contribution is 7.85. The molecule has 0 bridgehead atoms. The highest BCUT2D eigenvalue weighted by Crippen LogP contribution is 2.24. The molecule has 1 aliphatic rings. The van der Waals surface area contributed by atoms with Gasteiger partial charge >= 0.3 is 0 Å². The Bertz CT molecular complexity index is 323. The molecule has 0 saturated carbocycles. The smallest absolute Gasteiger partial charge is 0.0940 e. The van der Waals surface area contributed by atoms with Gasteiger partial charge in [-0.3, -0.25) is 4.21 Å². The molecule has 0 aromatic heterocycles. The Kier molecular flexibility index (Phi) is 2.99. The predicted octanol–water partition coefficient (Wildman–Crippen LogP) is 1.90. The largest absolute Gasteiger partial charge is 0.371 e. The van der Waals surface area contributed by atoms with Crippen LogP contribution in [-0.2, 0) is 15.5 Å². The minimum absolute atomic E-state index is 0.0215. The zero-order valence-electron chi connectivity index (χ0n) is 8.18. The van der Waals surface area contributed by atoms with Crippen LogP contribution < -0.4 is 0 Å². The van der Waals surface area contributed by atoms with Crippen molar-refractivity contribution < 1.29 is 8.95 Å². The third kappa shape index (κ3) is 2.04. The van der Waals surface area contributed by atoms with E-state index in [0.29, 0.717) is 12.4 Å². The maximum Gasteiger partial charge on any atom is 0.0940 e. The van der Waals surface area contributed by atoms with Gasteiger partial charge in [0, 0.05) is 10.8 Å². The van der Waals surface area contributed by atoms with E-state index in [2.05, 4.69) is 0 Å². The average molecular weight is 210 g/mol. The summed E-state index contributed by atoms with van der Waals surface area (Å²) in [5.41, 5.74) is 1.13. The molecule has 76 valence electrons. The Morgan fingerprint density at radius 3 is 2.71 bits per heavy atom. The first-order chi connectivity index (χ1) is 6.77. The van der Waals surface area contributed by atoms with E-state index < -0.39 is 10.8 Å². The van der Waals surface area contributed by atoms with Crippen LogP contribution in [-0.4, -0.2) is 21.8 Å². The highest BCUT2D eigenvalue weighted by Gasteiger charge is 2.25. The fourth-order valence-electron chi connectivity index (χ4n) is 1.55. The molecule has 1 aromatic carbocycles. The van der Waals surface area contributed by atoms with Crippen LogP contribution in [0.1, 0.15) is 18.6 Å². The summed E-state index contributed by atoms with van der Waals surface area (Å²) in [7, 11) is -0.741. The lowest BCUT2D eigenvalue weighted by Gasteiger charge is -2.26. The molecule has 1 heterocycles. The van der Waals surface area contributed by atoms with Crippen LogP contribution in [0.2, 0.25) is 0 Å². The van der Waals surface area contributed by atoms with Crippen LogP contribution in [0, 0.1) is 0 Å². The van der Waals surface area contributed by atoms with Crippen molar-refractivity contribution in [3.8, 4) is 0 Å². The normalized spacial score (nSPS) is 32.8. The van der Waals surface area contributed by atoms with Gasteiger partial charge in [0.2, 0.25) is 0 Å². The van der Waals surface area contributed by atoms with Crippen molar-refractivity contribution in [1.29, 1.82) is 0 Å². The second-order valence-corrected chi connectivity index (χ2v) is 5.49. The third-order valence-electron chi connectivity index (χ3n) is 2.47. The molecule has 1 aliphatic heterocycles. The summed E-state index contributed by atoms with van der Waals surface area (Å²) in [6.45, 7) is 2.57. The van der Waals surface area contributed by atoms with Crippen molar-refractivity contribution in [1.82, 2.24) is 0 Å². The second kappa shape index (κ2) is 4.24. The van der Waals surface area contributed by atoms with Crippen LogP contribution in [0.3, 0.4) is 0 Å². The van der Waals surface area contributed by atoms with Gasteiger partial charge in [0.05, 0.1) is 23.7 Å². The number of ether oxygens (including phenoxy) is 1. The Balaban J connectivity index is 2.11. The fourth-order valence-corrected chi connectivity index (χ4v) is 2.70. The molecule has 2 rings (SSSR count). The molecule has 0 amide bonds. The van der Waals surface area contributed by atoms with Gasteiger partial charge in [0.1, 0.15) is 0 Å². The first-order valence-corrected chi connectivity index (χ1v) is 6.19. The van der Waals surface area contributed by atoms with E-state index >= 15 is 0 Å². The molecule has 3 atom stereocenters. The maximum absolute atomic E-state index is 11.6. The molecule has 0 unspecified atom stereocenters. The van der Waals surface area contributed by atoms with E-state index in [1.54, 1.807) is 0 Å². The van der Waals surface area contributed by atoms with Crippen molar-refractivity contribution in [2.45, 2.75) is 18.3 Å². The SMILES string of the molecule is C[C@@H]1CO[C@H](c2ccccc2)C[S@@]1=O. The summed E-state index contributed by atoms with van der Waals surface area (Å²) >= 11 is 0. The van der Waals surface area contributed by atoms with E-state index in [-0.39, 0.29) is 11.4 Å².